The second-order valence-corrected chi connectivity index (χ2v) is 6.11. The van der Waals surface area contributed by atoms with Crippen LogP contribution in [0, 0.1) is 12.8 Å². The predicted octanol–water partition coefficient (Wildman–Crippen LogP) is 3.89. The Kier molecular flexibility index (Phi) is 4.87. The normalized spacial score (nSPS) is 16.7. The molecule has 1 unspecified atom stereocenters. The van der Waals surface area contributed by atoms with Gasteiger partial charge in [0.1, 0.15) is 12.4 Å². The summed E-state index contributed by atoms with van der Waals surface area (Å²) in [5.74, 6) is 2.49. The molecule has 0 bridgehead atoms. The van der Waals surface area contributed by atoms with Gasteiger partial charge < -0.3 is 10.1 Å². The van der Waals surface area contributed by atoms with E-state index in [0.717, 1.165) is 24.8 Å². The van der Waals surface area contributed by atoms with Gasteiger partial charge in [-0.3, -0.25) is 0 Å². The molecule has 2 rings (SSSR count). The number of hydrogen-bond acceptors (Lipinski definition) is 2. The number of ether oxygens (including phenoxy) is 1. The number of aryl methyl sites for hydroxylation is 1. The molecule has 0 amide bonds. The summed E-state index contributed by atoms with van der Waals surface area (Å²) in [7, 11) is 0. The van der Waals surface area contributed by atoms with Crippen LogP contribution >= 0.6 is 0 Å². The van der Waals surface area contributed by atoms with Crippen molar-refractivity contribution in [1.29, 1.82) is 0 Å². The molecule has 1 saturated carbocycles. The third-order valence-corrected chi connectivity index (χ3v) is 4.03. The molecule has 0 saturated heterocycles. The number of rotatable bonds is 7. The summed E-state index contributed by atoms with van der Waals surface area (Å²) in [6, 6.07) is 7.18. The Morgan fingerprint density at radius 3 is 2.63 bits per heavy atom. The average molecular weight is 261 g/mol. The third kappa shape index (κ3) is 4.24. The lowest BCUT2D eigenvalue weighted by Crippen LogP contribution is -2.31. The van der Waals surface area contributed by atoms with Crippen molar-refractivity contribution in [2.45, 2.75) is 52.5 Å². The minimum absolute atomic E-state index is 0.552. The van der Waals surface area contributed by atoms with Gasteiger partial charge in [-0.05, 0) is 55.7 Å². The first-order valence-corrected chi connectivity index (χ1v) is 7.54. The maximum absolute atomic E-state index is 5.92. The van der Waals surface area contributed by atoms with Crippen molar-refractivity contribution < 1.29 is 4.74 Å². The quantitative estimate of drug-likeness (QED) is 0.752. The molecule has 2 heteroatoms. The molecule has 19 heavy (non-hydrogen) atoms. The number of hydrogen-bond donors (Lipinski definition) is 1. The van der Waals surface area contributed by atoms with E-state index in [4.69, 9.17) is 4.74 Å². The zero-order valence-corrected chi connectivity index (χ0v) is 12.7. The minimum atomic E-state index is 0.552. The van der Waals surface area contributed by atoms with E-state index < -0.39 is 0 Å². The van der Waals surface area contributed by atoms with E-state index in [2.05, 4.69) is 51.2 Å². The summed E-state index contributed by atoms with van der Waals surface area (Å²) >= 11 is 0. The fourth-order valence-electron chi connectivity index (χ4n) is 2.34. The fraction of sp³-hybridized carbons (Fsp3) is 0.647. The van der Waals surface area contributed by atoms with Crippen LogP contribution in [-0.2, 0) is 0 Å². The topological polar surface area (TPSA) is 21.3 Å². The summed E-state index contributed by atoms with van der Waals surface area (Å²) in [5, 5.41) is 3.55. The first-order chi connectivity index (χ1) is 9.08. The van der Waals surface area contributed by atoms with Crippen molar-refractivity contribution in [3.05, 3.63) is 29.3 Å². The van der Waals surface area contributed by atoms with Crippen molar-refractivity contribution in [3.8, 4) is 5.75 Å². The summed E-state index contributed by atoms with van der Waals surface area (Å²) in [4.78, 5) is 0. The molecule has 0 aliphatic heterocycles. The Bertz CT molecular complexity index is 410. The molecule has 106 valence electrons. The van der Waals surface area contributed by atoms with Gasteiger partial charge in [0, 0.05) is 12.6 Å². The highest BCUT2D eigenvalue weighted by Crippen LogP contribution is 2.32. The van der Waals surface area contributed by atoms with E-state index in [0.29, 0.717) is 12.0 Å². The molecule has 0 heterocycles. The first kappa shape index (κ1) is 14.4. The zero-order chi connectivity index (χ0) is 13.8. The third-order valence-electron chi connectivity index (χ3n) is 4.03. The van der Waals surface area contributed by atoms with Crippen LogP contribution in [0.25, 0.3) is 0 Å². The molecule has 1 aromatic rings. The summed E-state index contributed by atoms with van der Waals surface area (Å²) in [5.41, 5.74) is 2.57. The molecule has 0 radical (unpaired) electrons. The van der Waals surface area contributed by atoms with Crippen molar-refractivity contribution in [2.75, 3.05) is 13.2 Å². The van der Waals surface area contributed by atoms with E-state index >= 15 is 0 Å². The van der Waals surface area contributed by atoms with Gasteiger partial charge in [0.2, 0.25) is 0 Å². The lowest BCUT2D eigenvalue weighted by molar-refractivity contribution is 0.301. The van der Waals surface area contributed by atoms with Gasteiger partial charge in [-0.25, -0.2) is 0 Å². The smallest absolute Gasteiger partial charge is 0.122 e. The highest BCUT2D eigenvalue weighted by molar-refractivity contribution is 5.37. The number of benzene rings is 1. The van der Waals surface area contributed by atoms with E-state index in [9.17, 15) is 0 Å². The second kappa shape index (κ2) is 6.42. The molecule has 1 fully saturated rings. The summed E-state index contributed by atoms with van der Waals surface area (Å²) in [6.45, 7) is 10.5. The minimum Gasteiger partial charge on any atom is -0.492 e. The number of nitrogens with one attached hydrogen (secondary N) is 1. The Labute approximate surface area is 117 Å². The Hall–Kier alpha value is -1.02. The average Bonchev–Trinajstić information content (AvgIpc) is 3.20. The molecule has 1 N–H and O–H groups in total. The van der Waals surface area contributed by atoms with Crippen molar-refractivity contribution in [2.24, 2.45) is 5.92 Å². The van der Waals surface area contributed by atoms with Gasteiger partial charge in [0.15, 0.2) is 0 Å². The van der Waals surface area contributed by atoms with Gasteiger partial charge in [-0.1, -0.05) is 26.0 Å². The lowest BCUT2D eigenvalue weighted by atomic mass is 10.0. The molecule has 1 aliphatic carbocycles. The fourth-order valence-corrected chi connectivity index (χ4v) is 2.34. The molecule has 1 atom stereocenters. The molecule has 1 aliphatic rings. The SMILES string of the molecule is Cc1ccc(C(C)C)cc1OCCNC(C)C1CC1. The van der Waals surface area contributed by atoms with E-state index in [-0.39, 0.29) is 0 Å². The molecule has 2 nitrogen and oxygen atoms in total. The van der Waals surface area contributed by atoms with E-state index in [1.54, 1.807) is 0 Å². The first-order valence-electron chi connectivity index (χ1n) is 7.54. The van der Waals surface area contributed by atoms with Gasteiger partial charge in [0.25, 0.3) is 0 Å². The Balaban J connectivity index is 1.79. The second-order valence-electron chi connectivity index (χ2n) is 6.11. The Morgan fingerprint density at radius 2 is 2.00 bits per heavy atom. The molecule has 0 spiro atoms. The van der Waals surface area contributed by atoms with Crippen LogP contribution < -0.4 is 10.1 Å². The maximum Gasteiger partial charge on any atom is 0.122 e. The van der Waals surface area contributed by atoms with Crippen LogP contribution in [0.2, 0.25) is 0 Å². The summed E-state index contributed by atoms with van der Waals surface area (Å²) < 4.78 is 5.92. The van der Waals surface area contributed by atoms with Crippen molar-refractivity contribution in [3.63, 3.8) is 0 Å². The molecule has 1 aromatic carbocycles. The van der Waals surface area contributed by atoms with Crippen LogP contribution in [0.15, 0.2) is 18.2 Å². The van der Waals surface area contributed by atoms with Crippen LogP contribution in [0.4, 0.5) is 0 Å². The van der Waals surface area contributed by atoms with Gasteiger partial charge in [0.05, 0.1) is 0 Å². The largest absolute Gasteiger partial charge is 0.492 e. The van der Waals surface area contributed by atoms with Crippen LogP contribution in [-0.4, -0.2) is 19.2 Å². The van der Waals surface area contributed by atoms with E-state index in [1.165, 1.54) is 24.0 Å². The van der Waals surface area contributed by atoms with Crippen LogP contribution in [0.1, 0.15) is 50.7 Å². The lowest BCUT2D eigenvalue weighted by Gasteiger charge is -2.15. The van der Waals surface area contributed by atoms with Gasteiger partial charge >= 0.3 is 0 Å². The van der Waals surface area contributed by atoms with Crippen molar-refractivity contribution >= 4 is 0 Å². The van der Waals surface area contributed by atoms with Crippen molar-refractivity contribution in [1.82, 2.24) is 5.32 Å². The predicted molar refractivity (Wildman–Crippen MR) is 81.0 cm³/mol. The molecule has 0 aromatic heterocycles. The molecular weight excluding hydrogens is 234 g/mol. The van der Waals surface area contributed by atoms with Gasteiger partial charge in [-0.15, -0.1) is 0 Å². The highest BCUT2D eigenvalue weighted by Gasteiger charge is 2.27. The standard InChI is InChI=1S/C17H27NO/c1-12(2)16-6-5-13(3)17(11-16)19-10-9-18-14(4)15-7-8-15/h5-6,11-12,14-15,18H,7-10H2,1-4H3. The zero-order valence-electron chi connectivity index (χ0n) is 12.7. The van der Waals surface area contributed by atoms with Crippen LogP contribution in [0.5, 0.6) is 5.75 Å². The monoisotopic (exact) mass is 261 g/mol. The Morgan fingerprint density at radius 1 is 1.26 bits per heavy atom. The maximum atomic E-state index is 5.92. The van der Waals surface area contributed by atoms with Gasteiger partial charge in [-0.2, -0.15) is 0 Å². The highest BCUT2D eigenvalue weighted by atomic mass is 16.5. The van der Waals surface area contributed by atoms with E-state index in [1.807, 2.05) is 0 Å². The van der Waals surface area contributed by atoms with Crippen LogP contribution in [0.3, 0.4) is 0 Å². The summed E-state index contributed by atoms with van der Waals surface area (Å²) in [6.07, 6.45) is 2.79. The molecular formula is C17H27NO.